The minimum atomic E-state index is -2.27. The first-order valence-electron chi connectivity index (χ1n) is 2.28. The molecule has 0 heterocycles. The second-order valence-corrected chi connectivity index (χ2v) is 1.57. The SMILES string of the molecule is O=C(O)C(O)C(O)C(=O)O.[C]. The Kier molecular flexibility index (Phi) is 5.29. The highest BCUT2D eigenvalue weighted by molar-refractivity contribution is 5.82. The Hall–Kier alpha value is -1.14. The normalized spacial score (nSPS) is 14.4. The predicted molar refractivity (Wildman–Crippen MR) is 30.5 cm³/mol. The molecule has 0 aromatic carbocycles. The van der Waals surface area contributed by atoms with Gasteiger partial charge in [-0.25, -0.2) is 9.59 Å². The van der Waals surface area contributed by atoms with Crippen LogP contribution in [0.5, 0.6) is 0 Å². The van der Waals surface area contributed by atoms with E-state index in [9.17, 15) is 9.59 Å². The minimum Gasteiger partial charge on any atom is -0.479 e. The second-order valence-electron chi connectivity index (χ2n) is 1.57. The van der Waals surface area contributed by atoms with Crippen LogP contribution in [-0.2, 0) is 9.59 Å². The van der Waals surface area contributed by atoms with E-state index in [1.807, 2.05) is 0 Å². The molecule has 0 aliphatic rings. The van der Waals surface area contributed by atoms with Crippen LogP contribution in [0.2, 0.25) is 0 Å². The number of aliphatic hydroxyl groups excluding tert-OH is 2. The first-order valence-corrected chi connectivity index (χ1v) is 2.28. The molecule has 0 aromatic heterocycles. The van der Waals surface area contributed by atoms with Gasteiger partial charge in [-0.1, -0.05) is 0 Å². The summed E-state index contributed by atoms with van der Waals surface area (Å²) < 4.78 is 0. The standard InChI is InChI=1S/C4H6O6.C/c5-1(3(7)8)2(6)4(9)10;/h1-2,5-6H,(H,7,8)(H,9,10);. The van der Waals surface area contributed by atoms with Crippen LogP contribution in [0.3, 0.4) is 0 Å². The number of aliphatic carboxylic acids is 2. The van der Waals surface area contributed by atoms with Crippen molar-refractivity contribution in [1.82, 2.24) is 0 Å². The van der Waals surface area contributed by atoms with E-state index in [2.05, 4.69) is 0 Å². The number of carbonyl (C=O) groups is 2. The Bertz CT molecular complexity index is 135. The van der Waals surface area contributed by atoms with Gasteiger partial charge in [-0.3, -0.25) is 0 Å². The fourth-order valence-corrected chi connectivity index (χ4v) is 0.270. The van der Waals surface area contributed by atoms with Gasteiger partial charge in [-0.05, 0) is 0 Å². The molecule has 0 spiro atoms. The van der Waals surface area contributed by atoms with Crippen LogP contribution in [0.1, 0.15) is 0 Å². The van der Waals surface area contributed by atoms with E-state index >= 15 is 0 Å². The second kappa shape index (κ2) is 4.64. The van der Waals surface area contributed by atoms with E-state index in [4.69, 9.17) is 20.4 Å². The van der Waals surface area contributed by atoms with E-state index in [1.54, 1.807) is 0 Å². The third-order valence-electron chi connectivity index (χ3n) is 0.805. The maximum absolute atomic E-state index is 9.77. The molecule has 2 atom stereocenters. The van der Waals surface area contributed by atoms with E-state index in [0.717, 1.165) is 0 Å². The first-order chi connectivity index (χ1) is 4.46. The summed E-state index contributed by atoms with van der Waals surface area (Å²) in [5.41, 5.74) is 0. The third-order valence-corrected chi connectivity index (χ3v) is 0.805. The van der Waals surface area contributed by atoms with Gasteiger partial charge in [-0.15, -0.1) is 0 Å². The molecule has 0 saturated heterocycles. The molecule has 4 N–H and O–H groups in total. The average molecular weight is 162 g/mol. The average Bonchev–Trinajstić information content (AvgIpc) is 1.84. The summed E-state index contributed by atoms with van der Waals surface area (Å²) in [5.74, 6) is -3.54. The molecule has 0 bridgehead atoms. The molecule has 0 saturated carbocycles. The zero-order valence-corrected chi connectivity index (χ0v) is 5.26. The van der Waals surface area contributed by atoms with Crippen LogP contribution in [0.15, 0.2) is 0 Å². The summed E-state index contributed by atoms with van der Waals surface area (Å²) in [7, 11) is 0. The van der Waals surface area contributed by atoms with Gasteiger partial charge in [0.1, 0.15) is 0 Å². The molecule has 11 heavy (non-hydrogen) atoms. The van der Waals surface area contributed by atoms with E-state index < -0.39 is 24.1 Å². The van der Waals surface area contributed by atoms with Gasteiger partial charge in [0.2, 0.25) is 0 Å². The van der Waals surface area contributed by atoms with Crippen LogP contribution < -0.4 is 0 Å². The van der Waals surface area contributed by atoms with Crippen molar-refractivity contribution in [2.75, 3.05) is 0 Å². The maximum Gasteiger partial charge on any atom is 0.335 e. The number of carboxylic acids is 2. The van der Waals surface area contributed by atoms with Crippen molar-refractivity contribution in [3.05, 3.63) is 7.43 Å². The van der Waals surface area contributed by atoms with Crippen LogP contribution in [0, 0.1) is 7.43 Å². The molecule has 6 nitrogen and oxygen atoms in total. The van der Waals surface area contributed by atoms with Crippen LogP contribution in [0.25, 0.3) is 0 Å². The fourth-order valence-electron chi connectivity index (χ4n) is 0.270. The van der Waals surface area contributed by atoms with E-state index in [1.165, 1.54) is 0 Å². The Labute approximate surface area is 62.7 Å². The summed E-state index contributed by atoms with van der Waals surface area (Å²) in [6, 6.07) is 0. The Morgan fingerprint density at radius 3 is 1.18 bits per heavy atom. The number of hydrogen-bond acceptors (Lipinski definition) is 4. The molecule has 2 unspecified atom stereocenters. The molecule has 0 fully saturated rings. The Morgan fingerprint density at radius 1 is 0.909 bits per heavy atom. The molecule has 0 aromatic rings. The summed E-state index contributed by atoms with van der Waals surface area (Å²) in [5, 5.41) is 32.5. The highest BCUT2D eigenvalue weighted by Crippen LogP contribution is 1.92. The summed E-state index contributed by atoms with van der Waals surface area (Å²) in [6.45, 7) is 0. The minimum absolute atomic E-state index is 0. The number of aliphatic hydroxyl groups is 2. The lowest BCUT2D eigenvalue weighted by Gasteiger charge is -2.07. The van der Waals surface area contributed by atoms with Gasteiger partial charge in [-0.2, -0.15) is 0 Å². The van der Waals surface area contributed by atoms with Gasteiger partial charge in [0.25, 0.3) is 0 Å². The number of hydrogen-bond donors (Lipinski definition) is 4. The zero-order valence-electron chi connectivity index (χ0n) is 5.26. The lowest BCUT2D eigenvalue weighted by Crippen LogP contribution is -2.39. The van der Waals surface area contributed by atoms with Crippen LogP contribution >= 0.6 is 0 Å². The lowest BCUT2D eigenvalue weighted by atomic mass is 10.2. The molecular weight excluding hydrogens is 156 g/mol. The van der Waals surface area contributed by atoms with Crippen molar-refractivity contribution >= 4 is 11.9 Å². The highest BCUT2D eigenvalue weighted by atomic mass is 16.4. The van der Waals surface area contributed by atoms with Crippen molar-refractivity contribution in [1.29, 1.82) is 0 Å². The summed E-state index contributed by atoms with van der Waals surface area (Å²) in [6.07, 6.45) is -4.53. The highest BCUT2D eigenvalue weighted by Gasteiger charge is 2.29. The molecule has 62 valence electrons. The monoisotopic (exact) mass is 162 g/mol. The van der Waals surface area contributed by atoms with Gasteiger partial charge in [0.05, 0.1) is 0 Å². The van der Waals surface area contributed by atoms with Crippen LogP contribution in [-0.4, -0.2) is 44.6 Å². The lowest BCUT2D eigenvalue weighted by molar-refractivity contribution is -0.165. The van der Waals surface area contributed by atoms with Gasteiger partial charge < -0.3 is 20.4 Å². The Morgan fingerprint density at radius 2 is 1.09 bits per heavy atom. The van der Waals surface area contributed by atoms with Crippen LogP contribution in [0.4, 0.5) is 0 Å². The predicted octanol–water partition coefficient (Wildman–Crippen LogP) is -2.04. The van der Waals surface area contributed by atoms with Crippen molar-refractivity contribution in [2.24, 2.45) is 0 Å². The van der Waals surface area contributed by atoms with Crippen molar-refractivity contribution in [3.8, 4) is 0 Å². The number of carboxylic acid groups (broad SMARTS) is 2. The summed E-state index contributed by atoms with van der Waals surface area (Å²) >= 11 is 0. The first kappa shape index (κ1) is 12.5. The quantitative estimate of drug-likeness (QED) is 0.380. The molecule has 0 aliphatic carbocycles. The molecule has 0 amide bonds. The van der Waals surface area contributed by atoms with Gasteiger partial charge in [0, 0.05) is 7.43 Å². The summed E-state index contributed by atoms with van der Waals surface area (Å²) in [4.78, 5) is 19.5. The largest absolute Gasteiger partial charge is 0.479 e. The van der Waals surface area contributed by atoms with Gasteiger partial charge in [0.15, 0.2) is 12.2 Å². The molecular formula is C5H6O6. The molecule has 6 heteroatoms. The van der Waals surface area contributed by atoms with E-state index in [-0.39, 0.29) is 7.43 Å². The van der Waals surface area contributed by atoms with Crippen molar-refractivity contribution < 1.29 is 30.0 Å². The zero-order chi connectivity index (χ0) is 8.31. The van der Waals surface area contributed by atoms with Crippen molar-refractivity contribution in [2.45, 2.75) is 12.2 Å². The topological polar surface area (TPSA) is 115 Å². The van der Waals surface area contributed by atoms with E-state index in [0.29, 0.717) is 0 Å². The van der Waals surface area contributed by atoms with Gasteiger partial charge >= 0.3 is 11.9 Å². The Balaban J connectivity index is 0. The smallest absolute Gasteiger partial charge is 0.335 e. The molecule has 0 aliphatic heterocycles. The van der Waals surface area contributed by atoms with Crippen molar-refractivity contribution in [3.63, 3.8) is 0 Å². The molecule has 4 radical (unpaired) electrons. The third kappa shape index (κ3) is 3.54. The number of rotatable bonds is 3. The fraction of sp³-hybridized carbons (Fsp3) is 0.400. The maximum atomic E-state index is 9.77. The molecule has 0 rings (SSSR count).